The fraction of sp³-hybridized carbons (Fsp3) is 0.381. The molecule has 0 aliphatic rings. The van der Waals surface area contributed by atoms with Gasteiger partial charge in [-0.05, 0) is 41.7 Å². The average molecular weight is 379 g/mol. The molecule has 2 rings (SSSR count). The molecule has 0 spiro atoms. The molecule has 2 aromatic carbocycles. The molecule has 27 heavy (non-hydrogen) atoms. The number of ether oxygens (including phenoxy) is 1. The predicted octanol–water partition coefficient (Wildman–Crippen LogP) is 5.80. The Morgan fingerprint density at radius 2 is 1.63 bits per heavy atom. The van der Waals surface area contributed by atoms with E-state index in [-0.39, 0.29) is 11.1 Å². The van der Waals surface area contributed by atoms with Crippen molar-refractivity contribution in [2.75, 3.05) is 5.32 Å². The van der Waals surface area contributed by atoms with E-state index in [0.717, 1.165) is 11.6 Å². The zero-order valence-corrected chi connectivity index (χ0v) is 15.9. The van der Waals surface area contributed by atoms with Crippen LogP contribution in [-0.4, -0.2) is 12.0 Å². The maximum absolute atomic E-state index is 13.1. The number of alkyl halides is 3. The topological polar surface area (TPSA) is 38.3 Å². The van der Waals surface area contributed by atoms with Crippen LogP contribution in [0.4, 0.5) is 18.9 Å². The second kappa shape index (κ2) is 8.03. The first-order chi connectivity index (χ1) is 12.5. The van der Waals surface area contributed by atoms with Crippen molar-refractivity contribution in [3.05, 3.63) is 59.7 Å². The van der Waals surface area contributed by atoms with Gasteiger partial charge in [-0.3, -0.25) is 4.79 Å². The smallest absolute Gasteiger partial charge is 0.418 e. The van der Waals surface area contributed by atoms with Gasteiger partial charge in [0, 0.05) is 0 Å². The summed E-state index contributed by atoms with van der Waals surface area (Å²) in [6.07, 6.45) is -5.12. The fourth-order valence-electron chi connectivity index (χ4n) is 2.57. The van der Waals surface area contributed by atoms with Crippen molar-refractivity contribution in [3.8, 4) is 5.75 Å². The van der Waals surface area contributed by atoms with Crippen LogP contribution in [0.1, 0.15) is 45.2 Å². The average Bonchev–Trinajstić information content (AvgIpc) is 2.58. The second-order valence-electron chi connectivity index (χ2n) is 7.32. The minimum absolute atomic E-state index is 0.0125. The number of carbonyl (C=O) groups excluding carboxylic acids is 1. The minimum Gasteiger partial charge on any atom is -0.481 e. The summed E-state index contributed by atoms with van der Waals surface area (Å²) in [7, 11) is 0. The Morgan fingerprint density at radius 3 is 2.15 bits per heavy atom. The molecule has 0 bridgehead atoms. The van der Waals surface area contributed by atoms with Gasteiger partial charge >= 0.3 is 6.18 Å². The van der Waals surface area contributed by atoms with Gasteiger partial charge in [-0.15, -0.1) is 0 Å². The van der Waals surface area contributed by atoms with Crippen molar-refractivity contribution >= 4 is 11.6 Å². The molecule has 1 amide bonds. The molecule has 0 aliphatic heterocycles. The van der Waals surface area contributed by atoms with Crippen LogP contribution in [0.15, 0.2) is 48.5 Å². The monoisotopic (exact) mass is 379 g/mol. The number of benzene rings is 2. The second-order valence-corrected chi connectivity index (χ2v) is 7.32. The summed E-state index contributed by atoms with van der Waals surface area (Å²) < 4.78 is 44.9. The molecule has 0 aromatic heterocycles. The van der Waals surface area contributed by atoms with Crippen molar-refractivity contribution in [2.24, 2.45) is 0 Å². The van der Waals surface area contributed by atoms with Gasteiger partial charge in [-0.1, -0.05) is 52.0 Å². The number of hydrogen-bond donors (Lipinski definition) is 1. The Morgan fingerprint density at radius 1 is 1.04 bits per heavy atom. The van der Waals surface area contributed by atoms with Crippen LogP contribution < -0.4 is 10.1 Å². The lowest BCUT2D eigenvalue weighted by atomic mass is 9.87. The minimum atomic E-state index is -4.55. The first-order valence-electron chi connectivity index (χ1n) is 8.76. The van der Waals surface area contributed by atoms with Gasteiger partial charge in [-0.2, -0.15) is 13.2 Å². The first kappa shape index (κ1) is 20.8. The summed E-state index contributed by atoms with van der Waals surface area (Å²) in [5.41, 5.74) is -0.0595. The first-order valence-corrected chi connectivity index (χ1v) is 8.76. The zero-order chi connectivity index (χ0) is 20.2. The number of hydrogen-bond acceptors (Lipinski definition) is 2. The standard InChI is InChI=1S/C21H24F3NO2/c1-5-18(27-15-12-10-14(11-13-15)20(2,3)4)19(26)25-17-9-7-6-8-16(17)21(22,23)24/h6-13,18H,5H2,1-4H3,(H,25,26)/t18-/m1/s1. The predicted molar refractivity (Wildman–Crippen MR) is 99.9 cm³/mol. The molecular weight excluding hydrogens is 355 g/mol. The van der Waals surface area contributed by atoms with Crippen LogP contribution in [0.25, 0.3) is 0 Å². The van der Waals surface area contributed by atoms with E-state index in [9.17, 15) is 18.0 Å². The van der Waals surface area contributed by atoms with E-state index in [1.54, 1.807) is 19.1 Å². The number of nitrogens with one attached hydrogen (secondary N) is 1. The quantitative estimate of drug-likeness (QED) is 0.713. The third kappa shape index (κ3) is 5.49. The molecule has 0 saturated heterocycles. The van der Waals surface area contributed by atoms with Crippen LogP contribution in [-0.2, 0) is 16.4 Å². The number of carbonyl (C=O) groups is 1. The highest BCUT2D eigenvalue weighted by molar-refractivity contribution is 5.95. The highest BCUT2D eigenvalue weighted by atomic mass is 19.4. The van der Waals surface area contributed by atoms with Gasteiger partial charge in [0.2, 0.25) is 0 Å². The molecule has 6 heteroatoms. The normalized spacial score (nSPS) is 13.1. The molecule has 0 saturated carbocycles. The summed E-state index contributed by atoms with van der Waals surface area (Å²) >= 11 is 0. The third-order valence-corrected chi connectivity index (χ3v) is 4.15. The molecule has 1 atom stereocenters. The molecule has 0 radical (unpaired) electrons. The molecule has 146 valence electrons. The van der Waals surface area contributed by atoms with Crippen LogP contribution in [0.3, 0.4) is 0 Å². The maximum Gasteiger partial charge on any atom is 0.418 e. The summed E-state index contributed by atoms with van der Waals surface area (Å²) in [5, 5.41) is 2.34. The van der Waals surface area contributed by atoms with Crippen molar-refractivity contribution in [3.63, 3.8) is 0 Å². The largest absolute Gasteiger partial charge is 0.481 e. The Labute approximate surface area is 157 Å². The van der Waals surface area contributed by atoms with E-state index in [1.165, 1.54) is 18.2 Å². The Bertz CT molecular complexity index is 777. The lowest BCUT2D eigenvalue weighted by Gasteiger charge is -2.21. The highest BCUT2D eigenvalue weighted by Gasteiger charge is 2.34. The van der Waals surface area contributed by atoms with E-state index >= 15 is 0 Å². The number of rotatable bonds is 5. The summed E-state index contributed by atoms with van der Waals surface area (Å²) in [4.78, 5) is 12.4. The van der Waals surface area contributed by atoms with Crippen molar-refractivity contribution in [1.82, 2.24) is 0 Å². The van der Waals surface area contributed by atoms with Crippen LogP contribution in [0.2, 0.25) is 0 Å². The molecular formula is C21H24F3NO2. The number of para-hydroxylation sites is 1. The molecule has 0 aliphatic carbocycles. The van der Waals surface area contributed by atoms with Crippen LogP contribution >= 0.6 is 0 Å². The fourth-order valence-corrected chi connectivity index (χ4v) is 2.57. The Hall–Kier alpha value is -2.50. The van der Waals surface area contributed by atoms with E-state index in [4.69, 9.17) is 4.74 Å². The van der Waals surface area contributed by atoms with E-state index in [1.807, 2.05) is 12.1 Å². The van der Waals surface area contributed by atoms with E-state index < -0.39 is 23.8 Å². The number of halogens is 3. The molecule has 3 nitrogen and oxygen atoms in total. The van der Waals surface area contributed by atoms with E-state index in [0.29, 0.717) is 12.2 Å². The summed E-state index contributed by atoms with van der Waals surface area (Å²) in [5.74, 6) is -0.122. The van der Waals surface area contributed by atoms with Crippen LogP contribution in [0.5, 0.6) is 5.75 Å². The Balaban J connectivity index is 2.13. The van der Waals surface area contributed by atoms with Gasteiger partial charge in [0.05, 0.1) is 11.3 Å². The van der Waals surface area contributed by atoms with Gasteiger partial charge in [0.25, 0.3) is 5.91 Å². The van der Waals surface area contributed by atoms with Crippen molar-refractivity contribution < 1.29 is 22.7 Å². The molecule has 0 unspecified atom stereocenters. The van der Waals surface area contributed by atoms with Crippen molar-refractivity contribution in [2.45, 2.75) is 51.8 Å². The number of amides is 1. The lowest BCUT2D eigenvalue weighted by molar-refractivity contribution is -0.137. The SMILES string of the molecule is CC[C@@H](Oc1ccc(C(C)(C)C)cc1)C(=O)Nc1ccccc1C(F)(F)F. The summed E-state index contributed by atoms with van der Waals surface area (Å²) in [6.45, 7) is 8.00. The third-order valence-electron chi connectivity index (χ3n) is 4.15. The number of anilines is 1. The summed E-state index contributed by atoms with van der Waals surface area (Å²) in [6, 6.07) is 12.2. The lowest BCUT2D eigenvalue weighted by Crippen LogP contribution is -2.33. The molecule has 2 aromatic rings. The molecule has 0 heterocycles. The van der Waals surface area contributed by atoms with Gasteiger partial charge in [0.15, 0.2) is 6.10 Å². The highest BCUT2D eigenvalue weighted by Crippen LogP contribution is 2.34. The van der Waals surface area contributed by atoms with Gasteiger partial charge in [-0.25, -0.2) is 0 Å². The van der Waals surface area contributed by atoms with Gasteiger partial charge < -0.3 is 10.1 Å². The maximum atomic E-state index is 13.1. The Kier molecular flexibility index (Phi) is 6.19. The molecule has 1 N–H and O–H groups in total. The zero-order valence-electron chi connectivity index (χ0n) is 15.9. The molecule has 0 fully saturated rings. The van der Waals surface area contributed by atoms with Crippen LogP contribution in [0, 0.1) is 0 Å². The van der Waals surface area contributed by atoms with Crippen molar-refractivity contribution in [1.29, 1.82) is 0 Å². The van der Waals surface area contributed by atoms with Gasteiger partial charge in [0.1, 0.15) is 5.75 Å². The van der Waals surface area contributed by atoms with E-state index in [2.05, 4.69) is 26.1 Å².